The van der Waals surface area contributed by atoms with E-state index in [0.717, 1.165) is 0 Å². The quantitative estimate of drug-likeness (QED) is 0.813. The second-order valence-corrected chi connectivity index (χ2v) is 3.23. The molecule has 0 aliphatic heterocycles. The lowest BCUT2D eigenvalue weighted by molar-refractivity contribution is 0.112. The molecule has 0 amide bonds. The fourth-order valence-electron chi connectivity index (χ4n) is 0.905. The van der Waals surface area contributed by atoms with Gasteiger partial charge in [0.2, 0.25) is 0 Å². The van der Waals surface area contributed by atoms with Gasteiger partial charge in [-0.1, -0.05) is 23.2 Å². The Morgan fingerprint density at radius 3 is 2.64 bits per heavy atom. The van der Waals surface area contributed by atoms with Crippen LogP contribution in [-0.2, 0) is 0 Å². The zero-order chi connectivity index (χ0) is 10.6. The number of hydrogen-bond acceptors (Lipinski definition) is 3. The second kappa shape index (κ2) is 5.20. The highest BCUT2D eigenvalue weighted by Crippen LogP contribution is 2.33. The van der Waals surface area contributed by atoms with E-state index < -0.39 is 0 Å². The molecule has 0 saturated carbocycles. The summed E-state index contributed by atoms with van der Waals surface area (Å²) in [5, 5.41) is 8.88. The molecule has 1 aromatic carbocycles. The third-order valence-corrected chi connectivity index (χ3v) is 2.43. The number of aldehydes is 1. The van der Waals surface area contributed by atoms with Gasteiger partial charge < -0.3 is 9.84 Å². The summed E-state index contributed by atoms with van der Waals surface area (Å²) in [7, 11) is 0. The molecule has 0 bridgehead atoms. The topological polar surface area (TPSA) is 46.5 Å². The molecule has 0 heterocycles. The van der Waals surface area contributed by atoms with Crippen LogP contribution in [0.4, 0.5) is 0 Å². The van der Waals surface area contributed by atoms with Gasteiger partial charge in [0.05, 0.1) is 11.6 Å². The summed E-state index contributed by atoms with van der Waals surface area (Å²) >= 11 is 11.6. The van der Waals surface area contributed by atoms with Gasteiger partial charge >= 0.3 is 0 Å². The SMILES string of the molecule is O=Cc1ccc(OCCO)c(Cl)c1Cl. The molecule has 0 aliphatic rings. The Balaban J connectivity index is 2.98. The average molecular weight is 235 g/mol. The van der Waals surface area contributed by atoms with E-state index in [9.17, 15) is 4.79 Å². The molecule has 0 aromatic heterocycles. The third-order valence-electron chi connectivity index (χ3n) is 1.55. The Kier molecular flexibility index (Phi) is 4.20. The normalized spacial score (nSPS) is 9.93. The van der Waals surface area contributed by atoms with E-state index >= 15 is 0 Å². The Morgan fingerprint density at radius 2 is 2.07 bits per heavy atom. The lowest BCUT2D eigenvalue weighted by Gasteiger charge is -2.08. The van der Waals surface area contributed by atoms with Crippen LogP contribution in [0.2, 0.25) is 10.0 Å². The number of ether oxygens (including phenoxy) is 1. The van der Waals surface area contributed by atoms with Crippen LogP contribution in [0.15, 0.2) is 12.1 Å². The molecule has 3 nitrogen and oxygen atoms in total. The minimum atomic E-state index is -0.108. The van der Waals surface area contributed by atoms with Crippen molar-refractivity contribution in [3.05, 3.63) is 27.7 Å². The summed E-state index contributed by atoms with van der Waals surface area (Å²) in [6.07, 6.45) is 0.615. The molecule has 0 unspecified atom stereocenters. The fourth-order valence-corrected chi connectivity index (χ4v) is 1.33. The monoisotopic (exact) mass is 234 g/mol. The predicted molar refractivity (Wildman–Crippen MR) is 54.4 cm³/mol. The summed E-state index contributed by atoms with van der Waals surface area (Å²) in [5.41, 5.74) is 0.313. The van der Waals surface area contributed by atoms with Gasteiger partial charge in [-0.3, -0.25) is 4.79 Å². The lowest BCUT2D eigenvalue weighted by atomic mass is 10.2. The highest BCUT2D eigenvalue weighted by Gasteiger charge is 2.09. The van der Waals surface area contributed by atoms with E-state index in [-0.39, 0.29) is 23.3 Å². The maximum absolute atomic E-state index is 10.5. The van der Waals surface area contributed by atoms with Gasteiger partial charge in [0.1, 0.15) is 17.4 Å². The zero-order valence-corrected chi connectivity index (χ0v) is 8.68. The minimum Gasteiger partial charge on any atom is -0.490 e. The summed E-state index contributed by atoms with van der Waals surface area (Å²) in [5.74, 6) is 0.358. The van der Waals surface area contributed by atoms with Gasteiger partial charge in [-0.25, -0.2) is 0 Å². The highest BCUT2D eigenvalue weighted by molar-refractivity contribution is 6.44. The number of aliphatic hydroxyl groups is 1. The minimum absolute atomic E-state index is 0.108. The number of halogens is 2. The molecule has 5 heteroatoms. The first kappa shape index (κ1) is 11.3. The molecule has 1 rings (SSSR count). The molecular formula is C9H8Cl2O3. The van der Waals surface area contributed by atoms with Crippen LogP contribution in [0.1, 0.15) is 10.4 Å². The van der Waals surface area contributed by atoms with Gasteiger partial charge in [-0.15, -0.1) is 0 Å². The van der Waals surface area contributed by atoms with Crippen molar-refractivity contribution >= 4 is 29.5 Å². The van der Waals surface area contributed by atoms with Crippen LogP contribution in [0.25, 0.3) is 0 Å². The van der Waals surface area contributed by atoms with E-state index in [4.69, 9.17) is 33.0 Å². The second-order valence-electron chi connectivity index (χ2n) is 2.47. The number of benzene rings is 1. The van der Waals surface area contributed by atoms with Crippen LogP contribution in [0.3, 0.4) is 0 Å². The number of aliphatic hydroxyl groups excluding tert-OH is 1. The highest BCUT2D eigenvalue weighted by atomic mass is 35.5. The summed E-state index contributed by atoms with van der Waals surface area (Å²) in [4.78, 5) is 10.5. The fraction of sp³-hybridized carbons (Fsp3) is 0.222. The number of carbonyl (C=O) groups excluding carboxylic acids is 1. The first-order valence-corrected chi connectivity index (χ1v) is 4.63. The van der Waals surface area contributed by atoms with Crippen molar-refractivity contribution in [1.29, 1.82) is 0 Å². The smallest absolute Gasteiger partial charge is 0.151 e. The molecule has 0 spiro atoms. The van der Waals surface area contributed by atoms with Crippen LogP contribution in [0.5, 0.6) is 5.75 Å². The van der Waals surface area contributed by atoms with E-state index in [0.29, 0.717) is 17.6 Å². The van der Waals surface area contributed by atoms with Crippen molar-refractivity contribution < 1.29 is 14.6 Å². The molecule has 14 heavy (non-hydrogen) atoms. The van der Waals surface area contributed by atoms with Crippen LogP contribution in [0, 0.1) is 0 Å². The van der Waals surface area contributed by atoms with Crippen molar-refractivity contribution in [2.24, 2.45) is 0 Å². The molecule has 1 aromatic rings. The van der Waals surface area contributed by atoms with E-state index in [1.165, 1.54) is 12.1 Å². The number of hydrogen-bond donors (Lipinski definition) is 1. The molecule has 0 aliphatic carbocycles. The largest absolute Gasteiger partial charge is 0.490 e. The van der Waals surface area contributed by atoms with Crippen LogP contribution in [-0.4, -0.2) is 24.6 Å². The molecule has 1 N–H and O–H groups in total. The van der Waals surface area contributed by atoms with E-state index in [1.54, 1.807) is 0 Å². The molecule has 0 fully saturated rings. The van der Waals surface area contributed by atoms with Crippen molar-refractivity contribution in [3.8, 4) is 5.75 Å². The van der Waals surface area contributed by atoms with Gasteiger partial charge in [0, 0.05) is 5.56 Å². The standard InChI is InChI=1S/C9H8Cl2O3/c10-8-6(5-13)1-2-7(9(8)11)14-4-3-12/h1-2,5,12H,3-4H2. The first-order chi connectivity index (χ1) is 6.70. The number of rotatable bonds is 4. The van der Waals surface area contributed by atoms with Crippen molar-refractivity contribution in [2.45, 2.75) is 0 Å². The summed E-state index contributed by atoms with van der Waals surface area (Å²) in [6.45, 7) is 0.0276. The molecule has 0 saturated heterocycles. The first-order valence-electron chi connectivity index (χ1n) is 3.87. The van der Waals surface area contributed by atoms with Gasteiger partial charge in [-0.2, -0.15) is 0 Å². The Hall–Kier alpha value is -0.770. The molecular weight excluding hydrogens is 227 g/mol. The summed E-state index contributed by atoms with van der Waals surface area (Å²) in [6, 6.07) is 3.04. The van der Waals surface area contributed by atoms with E-state index in [2.05, 4.69) is 0 Å². The van der Waals surface area contributed by atoms with Crippen molar-refractivity contribution in [1.82, 2.24) is 0 Å². The Morgan fingerprint density at radius 1 is 1.36 bits per heavy atom. The third kappa shape index (κ3) is 2.38. The molecule has 76 valence electrons. The van der Waals surface area contributed by atoms with Crippen molar-refractivity contribution in [2.75, 3.05) is 13.2 Å². The van der Waals surface area contributed by atoms with Gasteiger partial charge in [0.25, 0.3) is 0 Å². The Bertz CT molecular complexity index is 339. The maximum Gasteiger partial charge on any atom is 0.151 e. The Labute approximate surface area is 91.2 Å². The summed E-state index contributed by atoms with van der Waals surface area (Å²) < 4.78 is 5.08. The van der Waals surface area contributed by atoms with Gasteiger partial charge in [0.15, 0.2) is 6.29 Å². The average Bonchev–Trinajstić information content (AvgIpc) is 2.20. The van der Waals surface area contributed by atoms with E-state index in [1.807, 2.05) is 0 Å². The van der Waals surface area contributed by atoms with Gasteiger partial charge in [-0.05, 0) is 12.1 Å². The van der Waals surface area contributed by atoms with Crippen LogP contribution < -0.4 is 4.74 Å². The number of carbonyl (C=O) groups is 1. The zero-order valence-electron chi connectivity index (χ0n) is 7.17. The van der Waals surface area contributed by atoms with Crippen molar-refractivity contribution in [3.63, 3.8) is 0 Å². The lowest BCUT2D eigenvalue weighted by Crippen LogP contribution is -2.02. The maximum atomic E-state index is 10.5. The molecule has 0 radical (unpaired) electrons. The predicted octanol–water partition coefficient (Wildman–Crippen LogP) is 2.18. The molecule has 0 atom stereocenters. The van der Waals surface area contributed by atoms with Crippen LogP contribution >= 0.6 is 23.2 Å².